The number of anilines is 2. The van der Waals surface area contributed by atoms with Crippen molar-refractivity contribution in [1.29, 1.82) is 0 Å². The van der Waals surface area contributed by atoms with E-state index in [1.165, 1.54) is 4.90 Å². The van der Waals surface area contributed by atoms with Gasteiger partial charge < -0.3 is 16.4 Å². The molecule has 1 saturated heterocycles. The summed E-state index contributed by atoms with van der Waals surface area (Å²) < 4.78 is 0. The first-order valence-electron chi connectivity index (χ1n) is 8.31. The topological polar surface area (TPSA) is 92.7 Å². The number of amides is 3. The van der Waals surface area contributed by atoms with Crippen molar-refractivity contribution in [3.05, 3.63) is 59.7 Å². The molecule has 0 radical (unpaired) electrons. The van der Waals surface area contributed by atoms with Crippen LogP contribution in [0.1, 0.15) is 11.1 Å². The summed E-state index contributed by atoms with van der Waals surface area (Å²) in [4.78, 5) is 27.5. The summed E-state index contributed by atoms with van der Waals surface area (Å²) in [6, 6.07) is 14.8. The second kappa shape index (κ2) is 7.25. The second-order valence-corrected chi connectivity index (χ2v) is 6.23. The maximum absolute atomic E-state index is 12.5. The Bertz CT molecular complexity index is 756. The molecule has 0 bridgehead atoms. The Morgan fingerprint density at radius 2 is 1.24 bits per heavy atom. The fourth-order valence-electron chi connectivity index (χ4n) is 2.86. The van der Waals surface area contributed by atoms with Gasteiger partial charge in [0.1, 0.15) is 6.54 Å². The van der Waals surface area contributed by atoms with E-state index in [2.05, 4.69) is 0 Å². The van der Waals surface area contributed by atoms with Gasteiger partial charge in [-0.05, 0) is 48.2 Å². The Morgan fingerprint density at radius 3 is 1.76 bits per heavy atom. The molecule has 0 unspecified atom stereocenters. The molecule has 0 aliphatic carbocycles. The Balaban J connectivity index is 1.54. The third kappa shape index (κ3) is 4.09. The van der Waals surface area contributed by atoms with Gasteiger partial charge >= 0.3 is 6.03 Å². The van der Waals surface area contributed by atoms with E-state index in [9.17, 15) is 9.59 Å². The molecule has 3 rings (SSSR count). The van der Waals surface area contributed by atoms with E-state index in [-0.39, 0.29) is 18.5 Å². The van der Waals surface area contributed by atoms with Crippen molar-refractivity contribution in [2.75, 3.05) is 31.1 Å². The van der Waals surface area contributed by atoms with Gasteiger partial charge in [0, 0.05) is 24.5 Å². The van der Waals surface area contributed by atoms with Gasteiger partial charge in [-0.3, -0.25) is 9.69 Å². The number of hydrogen-bond donors (Lipinski definition) is 2. The molecule has 1 aliphatic rings. The highest BCUT2D eigenvalue weighted by molar-refractivity contribution is 6.02. The lowest BCUT2D eigenvalue weighted by Crippen LogP contribution is -2.35. The third-order valence-electron chi connectivity index (χ3n) is 4.38. The number of rotatable bonds is 6. The van der Waals surface area contributed by atoms with E-state index < -0.39 is 0 Å². The molecule has 2 aromatic rings. The van der Waals surface area contributed by atoms with Crippen LogP contribution in [0.25, 0.3) is 0 Å². The molecule has 0 saturated carbocycles. The number of carbonyl (C=O) groups excluding carboxylic acids is 2. The summed E-state index contributed by atoms with van der Waals surface area (Å²) in [6.45, 7) is 1.06. The lowest BCUT2D eigenvalue weighted by Gasteiger charge is -2.17. The Labute approximate surface area is 147 Å². The van der Waals surface area contributed by atoms with Crippen molar-refractivity contribution in [2.45, 2.75) is 12.8 Å². The minimum Gasteiger partial charge on any atom is -0.399 e. The number of benzene rings is 2. The minimum atomic E-state index is -0.212. The standard InChI is InChI=1S/C19H22N4O2/c20-16-5-1-14(2-6-16)9-11-22-13-18(24)23(19(22)25)12-10-15-3-7-17(21)8-4-15/h1-8H,9-13,20-21H2. The fraction of sp³-hybridized carbons (Fsp3) is 0.263. The van der Waals surface area contributed by atoms with Gasteiger partial charge in [-0.2, -0.15) is 0 Å². The lowest BCUT2D eigenvalue weighted by atomic mass is 10.1. The van der Waals surface area contributed by atoms with Crippen LogP contribution in [0.3, 0.4) is 0 Å². The number of imide groups is 1. The molecular formula is C19H22N4O2. The second-order valence-electron chi connectivity index (χ2n) is 6.23. The zero-order valence-electron chi connectivity index (χ0n) is 14.0. The SMILES string of the molecule is Nc1ccc(CCN2CC(=O)N(CCc3ccc(N)cc3)C2=O)cc1. The smallest absolute Gasteiger partial charge is 0.327 e. The summed E-state index contributed by atoms with van der Waals surface area (Å²) in [7, 11) is 0. The lowest BCUT2D eigenvalue weighted by molar-refractivity contribution is -0.125. The molecule has 0 spiro atoms. The number of nitrogens with two attached hydrogens (primary N) is 2. The van der Waals surface area contributed by atoms with Crippen molar-refractivity contribution >= 4 is 23.3 Å². The maximum Gasteiger partial charge on any atom is 0.327 e. The monoisotopic (exact) mass is 338 g/mol. The number of hydrogen-bond acceptors (Lipinski definition) is 4. The highest BCUT2D eigenvalue weighted by atomic mass is 16.2. The minimum absolute atomic E-state index is 0.141. The molecule has 3 amide bonds. The number of urea groups is 1. The predicted molar refractivity (Wildman–Crippen MR) is 97.8 cm³/mol. The molecule has 0 atom stereocenters. The first-order valence-corrected chi connectivity index (χ1v) is 8.31. The van der Waals surface area contributed by atoms with Crippen LogP contribution in [0.15, 0.2) is 48.5 Å². The van der Waals surface area contributed by atoms with Gasteiger partial charge in [-0.1, -0.05) is 24.3 Å². The van der Waals surface area contributed by atoms with Gasteiger partial charge in [0.25, 0.3) is 0 Å². The summed E-state index contributed by atoms with van der Waals surface area (Å²) >= 11 is 0. The summed E-state index contributed by atoms with van der Waals surface area (Å²) in [5.41, 5.74) is 14.9. The van der Waals surface area contributed by atoms with E-state index in [1.54, 1.807) is 4.90 Å². The summed E-state index contributed by atoms with van der Waals surface area (Å²) in [6.07, 6.45) is 1.33. The molecular weight excluding hydrogens is 316 g/mol. The van der Waals surface area contributed by atoms with Crippen LogP contribution in [0.5, 0.6) is 0 Å². The van der Waals surface area contributed by atoms with Gasteiger partial charge in [-0.15, -0.1) is 0 Å². The number of nitrogens with zero attached hydrogens (tertiary/aromatic N) is 2. The first kappa shape index (κ1) is 16.8. The third-order valence-corrected chi connectivity index (χ3v) is 4.38. The zero-order valence-corrected chi connectivity index (χ0v) is 14.0. The van der Waals surface area contributed by atoms with Crippen LogP contribution < -0.4 is 11.5 Å². The Kier molecular flexibility index (Phi) is 4.88. The van der Waals surface area contributed by atoms with Crippen molar-refractivity contribution < 1.29 is 9.59 Å². The van der Waals surface area contributed by atoms with E-state index in [1.807, 2.05) is 48.5 Å². The average molecular weight is 338 g/mol. The zero-order chi connectivity index (χ0) is 17.8. The van der Waals surface area contributed by atoms with Crippen LogP contribution in [0.2, 0.25) is 0 Å². The number of nitrogen functional groups attached to an aromatic ring is 2. The molecule has 4 N–H and O–H groups in total. The molecule has 2 aromatic carbocycles. The van der Waals surface area contributed by atoms with Gasteiger partial charge in [0.2, 0.25) is 5.91 Å². The molecule has 130 valence electrons. The molecule has 1 aliphatic heterocycles. The molecule has 6 nitrogen and oxygen atoms in total. The largest absolute Gasteiger partial charge is 0.399 e. The molecule has 0 aromatic heterocycles. The fourth-order valence-corrected chi connectivity index (χ4v) is 2.86. The molecule has 1 heterocycles. The maximum atomic E-state index is 12.5. The summed E-state index contributed by atoms with van der Waals surface area (Å²) in [5, 5.41) is 0. The Morgan fingerprint density at radius 1 is 0.760 bits per heavy atom. The van der Waals surface area contributed by atoms with Crippen LogP contribution in [-0.4, -0.2) is 41.4 Å². The van der Waals surface area contributed by atoms with E-state index in [0.29, 0.717) is 37.3 Å². The van der Waals surface area contributed by atoms with Gasteiger partial charge in [-0.25, -0.2) is 4.79 Å². The molecule has 1 fully saturated rings. The quantitative estimate of drug-likeness (QED) is 0.621. The van der Waals surface area contributed by atoms with Crippen molar-refractivity contribution in [3.63, 3.8) is 0 Å². The number of carbonyl (C=O) groups is 2. The summed E-state index contributed by atoms with van der Waals surface area (Å²) in [5.74, 6) is -0.141. The van der Waals surface area contributed by atoms with E-state index in [0.717, 1.165) is 11.1 Å². The highest BCUT2D eigenvalue weighted by Gasteiger charge is 2.35. The van der Waals surface area contributed by atoms with Gasteiger partial charge in [0.05, 0.1) is 0 Å². The molecule has 25 heavy (non-hydrogen) atoms. The normalized spacial score (nSPS) is 14.4. The van der Waals surface area contributed by atoms with Crippen molar-refractivity contribution in [1.82, 2.24) is 9.80 Å². The van der Waals surface area contributed by atoms with E-state index >= 15 is 0 Å². The Hall–Kier alpha value is -3.02. The average Bonchev–Trinajstić information content (AvgIpc) is 2.88. The first-order chi connectivity index (χ1) is 12.0. The van der Waals surface area contributed by atoms with Gasteiger partial charge in [0.15, 0.2) is 0 Å². The highest BCUT2D eigenvalue weighted by Crippen LogP contribution is 2.14. The van der Waals surface area contributed by atoms with Crippen molar-refractivity contribution in [3.8, 4) is 0 Å². The van der Waals surface area contributed by atoms with Crippen LogP contribution >= 0.6 is 0 Å². The van der Waals surface area contributed by atoms with E-state index in [4.69, 9.17) is 11.5 Å². The van der Waals surface area contributed by atoms with Crippen LogP contribution in [0, 0.1) is 0 Å². The predicted octanol–water partition coefficient (Wildman–Crippen LogP) is 1.90. The molecule has 6 heteroatoms. The van der Waals surface area contributed by atoms with Crippen LogP contribution in [0.4, 0.5) is 16.2 Å². The van der Waals surface area contributed by atoms with Crippen molar-refractivity contribution in [2.24, 2.45) is 0 Å². The van der Waals surface area contributed by atoms with Crippen LogP contribution in [-0.2, 0) is 17.6 Å².